The molecular formula is C16H25N3O3S. The standard InChI is InChI=1S/C16H25N3O3S/c1-12-17-14(9-23-12)15(20)19-6-7-21-11-16(10-19)5-4-13(22-16)8-18(2)3/h9,13H,4-8,10-11H2,1-3H3/t13-,16-/m1/s1. The number of amides is 1. The van der Waals surface area contributed by atoms with Crippen LogP contribution in [0.3, 0.4) is 0 Å². The lowest BCUT2D eigenvalue weighted by Crippen LogP contribution is -2.47. The van der Waals surface area contributed by atoms with E-state index in [1.165, 1.54) is 11.3 Å². The number of aromatic nitrogens is 1. The van der Waals surface area contributed by atoms with E-state index < -0.39 is 0 Å². The Bertz CT molecular complexity index is 563. The minimum absolute atomic E-state index is 0.0149. The molecule has 23 heavy (non-hydrogen) atoms. The highest BCUT2D eigenvalue weighted by atomic mass is 32.1. The van der Waals surface area contributed by atoms with Crippen molar-refractivity contribution in [2.24, 2.45) is 0 Å². The molecule has 0 aliphatic carbocycles. The summed E-state index contributed by atoms with van der Waals surface area (Å²) in [5.41, 5.74) is 0.171. The molecule has 0 aromatic carbocycles. The van der Waals surface area contributed by atoms with Gasteiger partial charge in [0, 0.05) is 18.5 Å². The molecule has 6 nitrogen and oxygen atoms in total. The summed E-state index contributed by atoms with van der Waals surface area (Å²) in [6.45, 7) is 5.13. The number of carbonyl (C=O) groups excluding carboxylic acids is 1. The third-order valence-corrected chi connectivity index (χ3v) is 5.16. The van der Waals surface area contributed by atoms with Crippen LogP contribution in [-0.2, 0) is 9.47 Å². The highest BCUT2D eigenvalue weighted by molar-refractivity contribution is 7.09. The van der Waals surface area contributed by atoms with E-state index >= 15 is 0 Å². The largest absolute Gasteiger partial charge is 0.377 e. The van der Waals surface area contributed by atoms with Crippen molar-refractivity contribution >= 4 is 17.2 Å². The predicted octanol–water partition coefficient (Wildman–Crippen LogP) is 1.40. The molecule has 1 aromatic rings. The normalized spacial score (nSPS) is 28.5. The zero-order valence-corrected chi connectivity index (χ0v) is 14.9. The lowest BCUT2D eigenvalue weighted by atomic mass is 10.00. The lowest BCUT2D eigenvalue weighted by molar-refractivity contribution is -0.0878. The van der Waals surface area contributed by atoms with Crippen LogP contribution in [0.2, 0.25) is 0 Å². The Kier molecular flexibility index (Phi) is 5.01. The van der Waals surface area contributed by atoms with Crippen molar-refractivity contribution in [1.29, 1.82) is 0 Å². The van der Waals surface area contributed by atoms with Gasteiger partial charge in [-0.2, -0.15) is 0 Å². The van der Waals surface area contributed by atoms with Crippen LogP contribution in [-0.4, -0.2) is 79.3 Å². The molecule has 1 spiro atoms. The maximum atomic E-state index is 12.7. The van der Waals surface area contributed by atoms with E-state index in [2.05, 4.69) is 24.0 Å². The number of ether oxygens (including phenoxy) is 2. The highest BCUT2D eigenvalue weighted by Crippen LogP contribution is 2.33. The molecule has 0 bridgehead atoms. The highest BCUT2D eigenvalue weighted by Gasteiger charge is 2.44. The fourth-order valence-corrected chi connectivity index (χ4v) is 3.94. The summed E-state index contributed by atoms with van der Waals surface area (Å²) in [5, 5.41) is 2.75. The number of nitrogens with zero attached hydrogens (tertiary/aromatic N) is 3. The summed E-state index contributed by atoms with van der Waals surface area (Å²) >= 11 is 1.51. The average molecular weight is 339 g/mol. The second-order valence-corrected chi connectivity index (χ2v) is 7.82. The van der Waals surface area contributed by atoms with Crippen molar-refractivity contribution in [3.05, 3.63) is 16.1 Å². The molecule has 1 amide bonds. The van der Waals surface area contributed by atoms with Gasteiger partial charge in [-0.15, -0.1) is 11.3 Å². The molecule has 1 aromatic heterocycles. The van der Waals surface area contributed by atoms with Crippen LogP contribution in [0.5, 0.6) is 0 Å². The molecule has 0 saturated carbocycles. The molecular weight excluding hydrogens is 314 g/mol. The number of rotatable bonds is 3. The smallest absolute Gasteiger partial charge is 0.273 e. The van der Waals surface area contributed by atoms with E-state index in [4.69, 9.17) is 9.47 Å². The van der Waals surface area contributed by atoms with Crippen LogP contribution in [0.1, 0.15) is 28.3 Å². The summed E-state index contributed by atoms with van der Waals surface area (Å²) in [4.78, 5) is 21.0. The second kappa shape index (κ2) is 6.84. The Morgan fingerprint density at radius 2 is 2.39 bits per heavy atom. The van der Waals surface area contributed by atoms with Gasteiger partial charge in [0.05, 0.1) is 30.9 Å². The molecule has 3 heterocycles. The third kappa shape index (κ3) is 3.91. The van der Waals surface area contributed by atoms with Crippen LogP contribution >= 0.6 is 11.3 Å². The van der Waals surface area contributed by atoms with Crippen molar-refractivity contribution in [3.63, 3.8) is 0 Å². The Morgan fingerprint density at radius 1 is 1.57 bits per heavy atom. The van der Waals surface area contributed by atoms with Crippen LogP contribution in [0.25, 0.3) is 0 Å². The fraction of sp³-hybridized carbons (Fsp3) is 0.750. The van der Waals surface area contributed by atoms with E-state index in [-0.39, 0.29) is 17.6 Å². The maximum Gasteiger partial charge on any atom is 0.273 e. The van der Waals surface area contributed by atoms with Crippen molar-refractivity contribution in [3.8, 4) is 0 Å². The molecule has 2 atom stereocenters. The van der Waals surface area contributed by atoms with Gasteiger partial charge in [-0.3, -0.25) is 4.79 Å². The third-order valence-electron chi connectivity index (χ3n) is 4.38. The Labute approximate surface area is 141 Å². The zero-order valence-electron chi connectivity index (χ0n) is 14.1. The lowest BCUT2D eigenvalue weighted by Gasteiger charge is -2.32. The summed E-state index contributed by atoms with van der Waals surface area (Å²) in [6.07, 6.45) is 2.16. The number of likely N-dealkylation sites (N-methyl/N-ethyl adjacent to an activating group) is 1. The monoisotopic (exact) mass is 339 g/mol. The van der Waals surface area contributed by atoms with E-state index in [9.17, 15) is 4.79 Å². The molecule has 0 radical (unpaired) electrons. The van der Waals surface area contributed by atoms with Gasteiger partial charge >= 0.3 is 0 Å². The summed E-state index contributed by atoms with van der Waals surface area (Å²) in [7, 11) is 4.11. The summed E-state index contributed by atoms with van der Waals surface area (Å²) < 4.78 is 12.1. The van der Waals surface area contributed by atoms with Gasteiger partial charge in [0.25, 0.3) is 5.91 Å². The van der Waals surface area contributed by atoms with E-state index in [1.54, 1.807) is 0 Å². The van der Waals surface area contributed by atoms with Gasteiger partial charge in [-0.1, -0.05) is 0 Å². The zero-order chi connectivity index (χ0) is 16.4. The molecule has 7 heteroatoms. The van der Waals surface area contributed by atoms with Crippen LogP contribution in [0.4, 0.5) is 0 Å². The average Bonchev–Trinajstić information content (AvgIpc) is 3.01. The first kappa shape index (κ1) is 16.8. The van der Waals surface area contributed by atoms with Gasteiger partial charge in [0.1, 0.15) is 11.3 Å². The number of hydrogen-bond acceptors (Lipinski definition) is 6. The first-order chi connectivity index (χ1) is 11.0. The van der Waals surface area contributed by atoms with Crippen molar-refractivity contribution in [1.82, 2.24) is 14.8 Å². The Morgan fingerprint density at radius 3 is 3.09 bits per heavy atom. The first-order valence-electron chi connectivity index (χ1n) is 8.09. The van der Waals surface area contributed by atoms with E-state index in [0.717, 1.165) is 24.4 Å². The molecule has 128 valence electrons. The first-order valence-corrected chi connectivity index (χ1v) is 8.97. The van der Waals surface area contributed by atoms with Gasteiger partial charge in [0.2, 0.25) is 0 Å². The summed E-state index contributed by atoms with van der Waals surface area (Å²) in [6, 6.07) is 0. The molecule has 3 rings (SSSR count). The molecule has 0 unspecified atom stereocenters. The van der Waals surface area contributed by atoms with Crippen molar-refractivity contribution in [2.75, 3.05) is 46.9 Å². The Balaban J connectivity index is 1.70. The fourth-order valence-electron chi connectivity index (χ4n) is 3.36. The number of hydrogen-bond donors (Lipinski definition) is 0. The molecule has 0 N–H and O–H groups in total. The van der Waals surface area contributed by atoms with Crippen LogP contribution < -0.4 is 0 Å². The predicted molar refractivity (Wildman–Crippen MR) is 89.0 cm³/mol. The maximum absolute atomic E-state index is 12.7. The second-order valence-electron chi connectivity index (χ2n) is 6.75. The molecule has 2 saturated heterocycles. The minimum Gasteiger partial charge on any atom is -0.377 e. The summed E-state index contributed by atoms with van der Waals surface area (Å²) in [5.74, 6) is -0.0149. The van der Waals surface area contributed by atoms with E-state index in [0.29, 0.717) is 32.0 Å². The van der Waals surface area contributed by atoms with Crippen LogP contribution in [0, 0.1) is 6.92 Å². The van der Waals surface area contributed by atoms with Crippen molar-refractivity contribution in [2.45, 2.75) is 31.5 Å². The topological polar surface area (TPSA) is 54.9 Å². The quantitative estimate of drug-likeness (QED) is 0.833. The number of aryl methyl sites for hydroxylation is 1. The molecule has 2 aliphatic rings. The molecule has 2 fully saturated rings. The van der Waals surface area contributed by atoms with Crippen molar-refractivity contribution < 1.29 is 14.3 Å². The SMILES string of the molecule is Cc1nc(C(=O)N2CCOC[C@@]3(CC[C@H](CN(C)C)O3)C2)cs1. The minimum atomic E-state index is -0.363. The Hall–Kier alpha value is -1.02. The van der Waals surface area contributed by atoms with E-state index in [1.807, 2.05) is 17.2 Å². The van der Waals surface area contributed by atoms with Gasteiger partial charge in [-0.25, -0.2) is 4.98 Å². The van der Waals surface area contributed by atoms with Gasteiger partial charge < -0.3 is 19.3 Å². The van der Waals surface area contributed by atoms with Gasteiger partial charge in [-0.05, 0) is 33.9 Å². The molecule has 2 aliphatic heterocycles. The van der Waals surface area contributed by atoms with Crippen LogP contribution in [0.15, 0.2) is 5.38 Å². The van der Waals surface area contributed by atoms with Gasteiger partial charge in [0.15, 0.2) is 0 Å². The number of carbonyl (C=O) groups is 1. The number of thiazole rings is 1.